The highest BCUT2D eigenvalue weighted by Gasteiger charge is 2.26. The third-order valence-electron chi connectivity index (χ3n) is 3.79. The minimum absolute atomic E-state index is 0.114. The van der Waals surface area contributed by atoms with Crippen LogP contribution >= 0.6 is 0 Å². The molecule has 6 heteroatoms. The van der Waals surface area contributed by atoms with Crippen LogP contribution in [0.5, 0.6) is 0 Å². The summed E-state index contributed by atoms with van der Waals surface area (Å²) in [5, 5.41) is 2.96. The van der Waals surface area contributed by atoms with Gasteiger partial charge in [-0.25, -0.2) is 9.78 Å². The Morgan fingerprint density at radius 3 is 3.09 bits per heavy atom. The average Bonchev–Trinajstić information content (AvgIpc) is 3.09. The number of hydrogen-bond donors (Lipinski definition) is 1. The summed E-state index contributed by atoms with van der Waals surface area (Å²) in [4.78, 5) is 18.5. The summed E-state index contributed by atoms with van der Waals surface area (Å²) >= 11 is 0. The first-order chi connectivity index (χ1) is 10.8. The summed E-state index contributed by atoms with van der Waals surface area (Å²) in [5.41, 5.74) is 1.46. The van der Waals surface area contributed by atoms with Gasteiger partial charge in [0, 0.05) is 6.54 Å². The summed E-state index contributed by atoms with van der Waals surface area (Å²) in [6.45, 7) is 3.82. The number of nitrogens with one attached hydrogen (secondary N) is 1. The van der Waals surface area contributed by atoms with Gasteiger partial charge in [0.25, 0.3) is 0 Å². The summed E-state index contributed by atoms with van der Waals surface area (Å²) in [7, 11) is 0. The Bertz CT molecular complexity index is 627. The van der Waals surface area contributed by atoms with Crippen molar-refractivity contribution < 1.29 is 13.9 Å². The van der Waals surface area contributed by atoms with Crippen LogP contribution in [-0.4, -0.2) is 41.7 Å². The molecular weight excluding hydrogens is 282 g/mol. The maximum atomic E-state index is 12.6. The number of anilines is 1. The molecule has 1 aliphatic rings. The monoisotopic (exact) mass is 301 g/mol. The van der Waals surface area contributed by atoms with Gasteiger partial charge >= 0.3 is 6.03 Å². The second-order valence-electron chi connectivity index (χ2n) is 5.14. The van der Waals surface area contributed by atoms with Gasteiger partial charge in [-0.15, -0.1) is 0 Å². The van der Waals surface area contributed by atoms with Crippen molar-refractivity contribution in [1.29, 1.82) is 0 Å². The molecule has 0 radical (unpaired) electrons. The zero-order valence-electron chi connectivity index (χ0n) is 12.5. The molecule has 6 nitrogen and oxygen atoms in total. The predicted octanol–water partition coefficient (Wildman–Crippen LogP) is 2.98. The van der Waals surface area contributed by atoms with Gasteiger partial charge in [0.15, 0.2) is 0 Å². The molecule has 1 unspecified atom stereocenters. The lowest BCUT2D eigenvalue weighted by molar-refractivity contribution is 0.0144. The highest BCUT2D eigenvalue weighted by atomic mass is 16.5. The van der Waals surface area contributed by atoms with Crippen molar-refractivity contribution in [3.05, 3.63) is 36.7 Å². The fourth-order valence-electron chi connectivity index (χ4n) is 2.58. The van der Waals surface area contributed by atoms with E-state index in [4.69, 9.17) is 9.15 Å². The molecule has 22 heavy (non-hydrogen) atoms. The number of nitrogens with zero attached hydrogens (tertiary/aromatic N) is 2. The maximum absolute atomic E-state index is 12.6. The van der Waals surface area contributed by atoms with Gasteiger partial charge in [0.05, 0.1) is 36.7 Å². The number of oxazole rings is 1. The molecule has 1 aliphatic heterocycles. The molecule has 2 heterocycles. The molecule has 1 atom stereocenters. The van der Waals surface area contributed by atoms with Gasteiger partial charge in [-0.2, -0.15) is 0 Å². The number of urea groups is 1. The van der Waals surface area contributed by atoms with Crippen molar-refractivity contribution in [2.24, 2.45) is 0 Å². The molecule has 1 fully saturated rings. The first kappa shape index (κ1) is 14.6. The minimum atomic E-state index is -0.117. The van der Waals surface area contributed by atoms with Crippen LogP contribution in [0.1, 0.15) is 13.3 Å². The molecule has 0 saturated carbocycles. The number of para-hydroxylation sites is 1. The quantitative estimate of drug-likeness (QED) is 0.946. The van der Waals surface area contributed by atoms with Gasteiger partial charge in [-0.1, -0.05) is 19.1 Å². The summed E-state index contributed by atoms with van der Waals surface area (Å²) in [5.74, 6) is 0.491. The van der Waals surface area contributed by atoms with E-state index in [0.29, 0.717) is 31.3 Å². The lowest BCUT2D eigenvalue weighted by Gasteiger charge is -2.35. The maximum Gasteiger partial charge on any atom is 0.322 e. The Morgan fingerprint density at radius 1 is 1.45 bits per heavy atom. The van der Waals surface area contributed by atoms with E-state index in [2.05, 4.69) is 17.2 Å². The molecule has 2 aromatic rings. The van der Waals surface area contributed by atoms with Crippen molar-refractivity contribution in [3.8, 4) is 11.5 Å². The number of morpholine rings is 1. The number of carbonyl (C=O) groups excluding carboxylic acids is 1. The molecule has 3 rings (SSSR count). The fraction of sp³-hybridized carbons (Fsp3) is 0.375. The lowest BCUT2D eigenvalue weighted by atomic mass is 10.1. The number of aromatic nitrogens is 1. The van der Waals surface area contributed by atoms with Gasteiger partial charge in [0.1, 0.15) is 6.26 Å². The van der Waals surface area contributed by atoms with E-state index >= 15 is 0 Å². The summed E-state index contributed by atoms with van der Waals surface area (Å²) < 4.78 is 10.8. The van der Waals surface area contributed by atoms with E-state index in [1.807, 2.05) is 29.2 Å². The number of ether oxygens (including phenoxy) is 1. The number of hydrogen-bond acceptors (Lipinski definition) is 4. The van der Waals surface area contributed by atoms with Crippen molar-refractivity contribution in [3.63, 3.8) is 0 Å². The molecule has 1 N–H and O–H groups in total. The Hall–Kier alpha value is -2.34. The Morgan fingerprint density at radius 2 is 2.32 bits per heavy atom. The zero-order chi connectivity index (χ0) is 15.4. The Kier molecular flexibility index (Phi) is 4.39. The van der Waals surface area contributed by atoms with Crippen LogP contribution in [0.2, 0.25) is 0 Å². The summed E-state index contributed by atoms with van der Waals surface area (Å²) in [6, 6.07) is 7.48. The van der Waals surface area contributed by atoms with E-state index in [1.54, 1.807) is 6.20 Å². The van der Waals surface area contributed by atoms with Gasteiger partial charge in [-0.05, 0) is 18.6 Å². The zero-order valence-corrected chi connectivity index (χ0v) is 12.5. The van der Waals surface area contributed by atoms with E-state index in [1.165, 1.54) is 6.26 Å². The first-order valence-corrected chi connectivity index (χ1v) is 7.44. The number of rotatable bonds is 3. The van der Waals surface area contributed by atoms with E-state index in [0.717, 1.165) is 12.0 Å². The van der Waals surface area contributed by atoms with Crippen LogP contribution in [-0.2, 0) is 4.74 Å². The molecule has 1 aromatic carbocycles. The van der Waals surface area contributed by atoms with E-state index in [9.17, 15) is 4.79 Å². The number of carbonyl (C=O) groups is 1. The lowest BCUT2D eigenvalue weighted by Crippen LogP contribution is -2.50. The SMILES string of the molecule is CCC1COCCN1C(=O)Nc1ccccc1-c1ncco1. The molecule has 0 spiro atoms. The van der Waals surface area contributed by atoms with Gasteiger partial charge < -0.3 is 19.4 Å². The summed E-state index contributed by atoms with van der Waals surface area (Å²) in [6.07, 6.45) is 3.97. The number of benzene rings is 1. The third-order valence-corrected chi connectivity index (χ3v) is 3.79. The van der Waals surface area contributed by atoms with Crippen molar-refractivity contribution >= 4 is 11.7 Å². The molecule has 2 amide bonds. The molecule has 116 valence electrons. The molecule has 0 bridgehead atoms. The average molecular weight is 301 g/mol. The highest BCUT2D eigenvalue weighted by Crippen LogP contribution is 2.27. The van der Waals surface area contributed by atoms with E-state index in [-0.39, 0.29) is 12.1 Å². The van der Waals surface area contributed by atoms with Gasteiger partial charge in [-0.3, -0.25) is 0 Å². The van der Waals surface area contributed by atoms with Crippen LogP contribution < -0.4 is 5.32 Å². The standard InChI is InChI=1S/C16H19N3O3/c1-2-12-11-21-10-8-19(12)16(20)18-14-6-4-3-5-13(14)15-17-7-9-22-15/h3-7,9,12H,2,8,10-11H2,1H3,(H,18,20). The topological polar surface area (TPSA) is 67.6 Å². The smallest absolute Gasteiger partial charge is 0.322 e. The second-order valence-corrected chi connectivity index (χ2v) is 5.14. The molecule has 1 saturated heterocycles. The largest absolute Gasteiger partial charge is 0.444 e. The predicted molar refractivity (Wildman–Crippen MR) is 82.6 cm³/mol. The van der Waals surface area contributed by atoms with Crippen molar-refractivity contribution in [2.75, 3.05) is 25.1 Å². The fourth-order valence-corrected chi connectivity index (χ4v) is 2.58. The van der Waals surface area contributed by atoms with Crippen LogP contribution in [0.25, 0.3) is 11.5 Å². The Balaban J connectivity index is 1.80. The van der Waals surface area contributed by atoms with Crippen LogP contribution in [0.4, 0.5) is 10.5 Å². The van der Waals surface area contributed by atoms with Crippen LogP contribution in [0.15, 0.2) is 41.1 Å². The molecule has 1 aromatic heterocycles. The van der Waals surface area contributed by atoms with Crippen LogP contribution in [0, 0.1) is 0 Å². The second kappa shape index (κ2) is 6.62. The minimum Gasteiger partial charge on any atom is -0.444 e. The van der Waals surface area contributed by atoms with Crippen molar-refractivity contribution in [2.45, 2.75) is 19.4 Å². The van der Waals surface area contributed by atoms with E-state index < -0.39 is 0 Å². The third kappa shape index (κ3) is 2.96. The van der Waals surface area contributed by atoms with Gasteiger partial charge in [0.2, 0.25) is 5.89 Å². The van der Waals surface area contributed by atoms with Crippen LogP contribution in [0.3, 0.4) is 0 Å². The highest BCUT2D eigenvalue weighted by molar-refractivity contribution is 5.93. The Labute approximate surface area is 129 Å². The normalized spacial score (nSPS) is 18.2. The molecule has 0 aliphatic carbocycles. The van der Waals surface area contributed by atoms with Crippen molar-refractivity contribution in [1.82, 2.24) is 9.88 Å². The molecular formula is C16H19N3O3. The number of amides is 2. The first-order valence-electron chi connectivity index (χ1n) is 7.44.